The van der Waals surface area contributed by atoms with E-state index in [0.717, 1.165) is 5.56 Å². The average molecular weight is 283 g/mol. The van der Waals surface area contributed by atoms with Gasteiger partial charge in [-0.15, -0.1) is 11.6 Å². The van der Waals surface area contributed by atoms with Crippen molar-refractivity contribution in [2.24, 2.45) is 0 Å². The van der Waals surface area contributed by atoms with Crippen molar-refractivity contribution in [3.8, 4) is 0 Å². The maximum absolute atomic E-state index is 5.91. The molecule has 0 heterocycles. The van der Waals surface area contributed by atoms with E-state index in [2.05, 4.69) is 5.32 Å². The Morgan fingerprint density at radius 1 is 1.31 bits per heavy atom. The number of benzene rings is 1. The number of ether oxygens (including phenoxy) is 1. The lowest BCUT2D eigenvalue weighted by Gasteiger charge is -2.15. The fraction of sp³-hybridized carbons (Fsp3) is 0.455. The highest BCUT2D eigenvalue weighted by Gasteiger charge is 2.06. The Hall–Kier alpha value is 0.01000. The summed E-state index contributed by atoms with van der Waals surface area (Å²) in [5, 5.41) is 4.41. The summed E-state index contributed by atoms with van der Waals surface area (Å²) in [5.41, 5.74) is 1.07. The summed E-state index contributed by atoms with van der Waals surface area (Å²) >= 11 is 17.5. The Bertz CT molecular complexity index is 333. The second-order valence-electron chi connectivity index (χ2n) is 3.44. The summed E-state index contributed by atoms with van der Waals surface area (Å²) in [5.74, 6) is 0.509. The fourth-order valence-corrected chi connectivity index (χ4v) is 1.79. The molecular weight excluding hydrogens is 268 g/mol. The molecule has 1 atom stereocenters. The molecule has 16 heavy (non-hydrogen) atoms. The maximum atomic E-state index is 5.91. The molecule has 2 nitrogen and oxygen atoms in total. The predicted molar refractivity (Wildman–Crippen MR) is 69.7 cm³/mol. The minimum absolute atomic E-state index is 0.140. The molecule has 0 saturated carbocycles. The fourth-order valence-electron chi connectivity index (χ4n) is 1.27. The molecule has 1 N–H and O–H groups in total. The number of halogens is 3. The van der Waals surface area contributed by atoms with Crippen LogP contribution in [0.3, 0.4) is 0 Å². The van der Waals surface area contributed by atoms with Crippen LogP contribution in [0.4, 0.5) is 0 Å². The highest BCUT2D eigenvalue weighted by atomic mass is 35.5. The quantitative estimate of drug-likeness (QED) is 0.808. The number of hydrogen-bond acceptors (Lipinski definition) is 2. The number of hydrogen-bond donors (Lipinski definition) is 1. The molecule has 5 heteroatoms. The largest absolute Gasteiger partial charge is 0.383 e. The second-order valence-corrected chi connectivity index (χ2v) is 4.56. The molecule has 1 unspecified atom stereocenters. The maximum Gasteiger partial charge on any atom is 0.0627 e. The normalized spacial score (nSPS) is 12.8. The summed E-state index contributed by atoms with van der Waals surface area (Å²) in [4.78, 5) is 0. The van der Waals surface area contributed by atoms with Gasteiger partial charge < -0.3 is 10.1 Å². The minimum atomic E-state index is 0.140. The van der Waals surface area contributed by atoms with Gasteiger partial charge in [-0.1, -0.05) is 29.3 Å². The molecule has 1 rings (SSSR count). The molecule has 0 radical (unpaired) electrons. The number of alkyl halides is 1. The van der Waals surface area contributed by atoms with Crippen molar-refractivity contribution in [1.29, 1.82) is 0 Å². The molecule has 0 aromatic heterocycles. The third-order valence-electron chi connectivity index (χ3n) is 2.13. The van der Waals surface area contributed by atoms with Gasteiger partial charge in [0, 0.05) is 25.6 Å². The highest BCUT2D eigenvalue weighted by molar-refractivity contribution is 6.42. The summed E-state index contributed by atoms with van der Waals surface area (Å²) in [6.45, 7) is 1.28. The monoisotopic (exact) mass is 281 g/mol. The zero-order valence-electron chi connectivity index (χ0n) is 8.97. The van der Waals surface area contributed by atoms with Gasteiger partial charge in [0.2, 0.25) is 0 Å². The van der Waals surface area contributed by atoms with Gasteiger partial charge in [-0.2, -0.15) is 0 Å². The minimum Gasteiger partial charge on any atom is -0.383 e. The standard InChI is InChI=1S/C11H14Cl3NO/c1-16-7-9(5-12)15-6-8-2-3-10(13)11(14)4-8/h2-4,9,15H,5-7H2,1H3. The van der Waals surface area contributed by atoms with Crippen LogP contribution in [-0.2, 0) is 11.3 Å². The molecule has 0 spiro atoms. The molecule has 0 fully saturated rings. The van der Waals surface area contributed by atoms with Crippen LogP contribution in [0.25, 0.3) is 0 Å². The van der Waals surface area contributed by atoms with Crippen LogP contribution >= 0.6 is 34.8 Å². The Kier molecular flexibility index (Phi) is 6.47. The molecule has 0 amide bonds. The summed E-state index contributed by atoms with van der Waals surface area (Å²) in [6.07, 6.45) is 0. The van der Waals surface area contributed by atoms with Crippen LogP contribution in [0.15, 0.2) is 18.2 Å². The second kappa shape index (κ2) is 7.36. The van der Waals surface area contributed by atoms with Gasteiger partial charge >= 0.3 is 0 Å². The van der Waals surface area contributed by atoms with Crippen molar-refractivity contribution in [3.05, 3.63) is 33.8 Å². The van der Waals surface area contributed by atoms with Gasteiger partial charge in [-0.25, -0.2) is 0 Å². The van der Waals surface area contributed by atoms with E-state index in [1.54, 1.807) is 13.2 Å². The highest BCUT2D eigenvalue weighted by Crippen LogP contribution is 2.22. The molecule has 0 aliphatic carbocycles. The Morgan fingerprint density at radius 3 is 2.62 bits per heavy atom. The van der Waals surface area contributed by atoms with Crippen molar-refractivity contribution < 1.29 is 4.74 Å². The zero-order chi connectivity index (χ0) is 12.0. The van der Waals surface area contributed by atoms with E-state index < -0.39 is 0 Å². The lowest BCUT2D eigenvalue weighted by Crippen LogP contribution is -2.34. The first kappa shape index (κ1) is 14.1. The smallest absolute Gasteiger partial charge is 0.0627 e. The molecule has 1 aromatic rings. The topological polar surface area (TPSA) is 21.3 Å². The van der Waals surface area contributed by atoms with Crippen molar-refractivity contribution in [2.75, 3.05) is 19.6 Å². The van der Waals surface area contributed by atoms with Crippen LogP contribution in [0.1, 0.15) is 5.56 Å². The van der Waals surface area contributed by atoms with E-state index in [9.17, 15) is 0 Å². The summed E-state index contributed by atoms with van der Waals surface area (Å²) < 4.78 is 5.03. The van der Waals surface area contributed by atoms with Crippen LogP contribution in [0.5, 0.6) is 0 Å². The molecule has 0 saturated heterocycles. The average Bonchev–Trinajstić information content (AvgIpc) is 2.28. The van der Waals surface area contributed by atoms with E-state index in [-0.39, 0.29) is 6.04 Å². The SMILES string of the molecule is COCC(CCl)NCc1ccc(Cl)c(Cl)c1. The lowest BCUT2D eigenvalue weighted by molar-refractivity contribution is 0.172. The number of methoxy groups -OCH3 is 1. The van der Waals surface area contributed by atoms with Gasteiger partial charge in [0.25, 0.3) is 0 Å². The zero-order valence-corrected chi connectivity index (χ0v) is 11.2. The molecule has 90 valence electrons. The first-order valence-electron chi connectivity index (χ1n) is 4.89. The Morgan fingerprint density at radius 2 is 2.06 bits per heavy atom. The Balaban J connectivity index is 2.50. The van der Waals surface area contributed by atoms with E-state index in [0.29, 0.717) is 29.1 Å². The van der Waals surface area contributed by atoms with Crippen LogP contribution in [-0.4, -0.2) is 25.6 Å². The number of rotatable bonds is 6. The van der Waals surface area contributed by atoms with E-state index in [1.807, 2.05) is 12.1 Å². The van der Waals surface area contributed by atoms with E-state index in [1.165, 1.54) is 0 Å². The number of nitrogens with one attached hydrogen (secondary N) is 1. The van der Waals surface area contributed by atoms with Crippen LogP contribution < -0.4 is 5.32 Å². The molecule has 1 aromatic carbocycles. The lowest BCUT2D eigenvalue weighted by atomic mass is 10.2. The van der Waals surface area contributed by atoms with Crippen LogP contribution in [0, 0.1) is 0 Å². The first-order valence-corrected chi connectivity index (χ1v) is 6.18. The van der Waals surface area contributed by atoms with Gasteiger partial charge in [0.05, 0.1) is 16.7 Å². The predicted octanol–water partition coefficient (Wildman–Crippen LogP) is 3.34. The van der Waals surface area contributed by atoms with Crippen molar-refractivity contribution in [1.82, 2.24) is 5.32 Å². The summed E-state index contributed by atoms with van der Waals surface area (Å²) in [6, 6.07) is 5.70. The third-order valence-corrected chi connectivity index (χ3v) is 3.24. The van der Waals surface area contributed by atoms with Crippen molar-refractivity contribution in [2.45, 2.75) is 12.6 Å². The van der Waals surface area contributed by atoms with E-state index >= 15 is 0 Å². The van der Waals surface area contributed by atoms with Gasteiger partial charge in [-0.3, -0.25) is 0 Å². The third kappa shape index (κ3) is 4.48. The van der Waals surface area contributed by atoms with Crippen molar-refractivity contribution in [3.63, 3.8) is 0 Å². The molecule has 0 aliphatic rings. The molecule has 0 bridgehead atoms. The first-order chi connectivity index (χ1) is 7.67. The van der Waals surface area contributed by atoms with Gasteiger partial charge in [-0.05, 0) is 17.7 Å². The molecule has 0 aliphatic heterocycles. The van der Waals surface area contributed by atoms with Gasteiger partial charge in [0.1, 0.15) is 0 Å². The summed E-state index contributed by atoms with van der Waals surface area (Å²) in [7, 11) is 1.65. The Labute approximate surface area is 111 Å². The van der Waals surface area contributed by atoms with Crippen LogP contribution in [0.2, 0.25) is 10.0 Å². The van der Waals surface area contributed by atoms with E-state index in [4.69, 9.17) is 39.5 Å². The van der Waals surface area contributed by atoms with Gasteiger partial charge in [0.15, 0.2) is 0 Å². The van der Waals surface area contributed by atoms with Crippen molar-refractivity contribution >= 4 is 34.8 Å². The molecular formula is C11H14Cl3NO.